The molecule has 0 spiro atoms. The molecule has 0 amide bonds. The predicted molar refractivity (Wildman–Crippen MR) is 57.9 cm³/mol. The SMILES string of the molecule is C=C(CN(C)CC1CCCCO1)C(=O)O. The largest absolute Gasteiger partial charge is 0.478 e. The van der Waals surface area contributed by atoms with Crippen LogP contribution < -0.4 is 0 Å². The van der Waals surface area contributed by atoms with Crippen LogP contribution in [0.1, 0.15) is 19.3 Å². The Kier molecular flexibility index (Phi) is 4.78. The van der Waals surface area contributed by atoms with Gasteiger partial charge in [0.1, 0.15) is 0 Å². The van der Waals surface area contributed by atoms with Gasteiger partial charge in [-0.25, -0.2) is 4.79 Å². The lowest BCUT2D eigenvalue weighted by molar-refractivity contribution is -0.132. The van der Waals surface area contributed by atoms with Crippen LogP contribution in [-0.4, -0.2) is 48.8 Å². The van der Waals surface area contributed by atoms with Gasteiger partial charge in [0, 0.05) is 25.3 Å². The molecule has 0 saturated carbocycles. The normalized spacial score (nSPS) is 21.6. The topological polar surface area (TPSA) is 49.8 Å². The second-order valence-electron chi connectivity index (χ2n) is 4.09. The van der Waals surface area contributed by atoms with Crippen LogP contribution in [0, 0.1) is 0 Å². The fourth-order valence-corrected chi connectivity index (χ4v) is 1.76. The molecule has 1 fully saturated rings. The number of carboxylic acid groups (broad SMARTS) is 1. The highest BCUT2D eigenvalue weighted by molar-refractivity contribution is 5.86. The van der Waals surface area contributed by atoms with Crippen molar-refractivity contribution >= 4 is 5.97 Å². The molecule has 1 N–H and O–H groups in total. The van der Waals surface area contributed by atoms with E-state index in [2.05, 4.69) is 6.58 Å². The molecule has 1 aliphatic heterocycles. The molecule has 0 aromatic heterocycles. The molecule has 0 bridgehead atoms. The Bertz CT molecular complexity index is 234. The van der Waals surface area contributed by atoms with Crippen LogP contribution in [0.15, 0.2) is 12.2 Å². The lowest BCUT2D eigenvalue weighted by Gasteiger charge is -2.27. The van der Waals surface area contributed by atoms with Crippen molar-refractivity contribution in [1.82, 2.24) is 4.90 Å². The number of hydrogen-bond donors (Lipinski definition) is 1. The molecule has 0 aromatic rings. The summed E-state index contributed by atoms with van der Waals surface area (Å²) < 4.78 is 5.57. The standard InChI is InChI=1S/C11H19NO3/c1-9(11(13)14)7-12(2)8-10-5-3-4-6-15-10/h10H,1,3-8H2,2H3,(H,13,14). The Morgan fingerprint density at radius 2 is 2.33 bits per heavy atom. The molecule has 1 atom stereocenters. The van der Waals surface area contributed by atoms with Crippen molar-refractivity contribution < 1.29 is 14.6 Å². The third-order valence-electron chi connectivity index (χ3n) is 2.55. The van der Waals surface area contributed by atoms with Crippen molar-refractivity contribution in [2.24, 2.45) is 0 Å². The first-order valence-electron chi connectivity index (χ1n) is 5.31. The molecule has 0 aliphatic carbocycles. The molecular formula is C11H19NO3. The van der Waals surface area contributed by atoms with Crippen molar-refractivity contribution in [3.8, 4) is 0 Å². The molecule has 1 rings (SSSR count). The summed E-state index contributed by atoms with van der Waals surface area (Å²) in [5.74, 6) is -0.925. The van der Waals surface area contributed by atoms with Crippen LogP contribution in [0.5, 0.6) is 0 Å². The number of nitrogens with zero attached hydrogens (tertiary/aromatic N) is 1. The minimum Gasteiger partial charge on any atom is -0.478 e. The van der Waals surface area contributed by atoms with Crippen molar-refractivity contribution in [3.05, 3.63) is 12.2 Å². The number of aliphatic carboxylic acids is 1. The van der Waals surface area contributed by atoms with Gasteiger partial charge < -0.3 is 9.84 Å². The van der Waals surface area contributed by atoms with E-state index in [-0.39, 0.29) is 11.7 Å². The molecular weight excluding hydrogens is 194 g/mol. The molecule has 4 heteroatoms. The quantitative estimate of drug-likeness (QED) is 0.695. The maximum absolute atomic E-state index is 10.6. The average molecular weight is 213 g/mol. The van der Waals surface area contributed by atoms with Crippen LogP contribution in [-0.2, 0) is 9.53 Å². The van der Waals surface area contributed by atoms with Gasteiger partial charge in [-0.05, 0) is 26.3 Å². The Morgan fingerprint density at radius 3 is 2.87 bits per heavy atom. The van der Waals surface area contributed by atoms with Crippen LogP contribution >= 0.6 is 0 Å². The predicted octanol–water partition coefficient (Wildman–Crippen LogP) is 1.13. The van der Waals surface area contributed by atoms with E-state index in [1.807, 2.05) is 11.9 Å². The molecule has 4 nitrogen and oxygen atoms in total. The number of hydrogen-bond acceptors (Lipinski definition) is 3. The zero-order valence-corrected chi connectivity index (χ0v) is 9.24. The molecule has 1 saturated heterocycles. The molecule has 1 unspecified atom stereocenters. The third-order valence-corrected chi connectivity index (χ3v) is 2.55. The first-order chi connectivity index (χ1) is 7.09. The van der Waals surface area contributed by atoms with Gasteiger partial charge >= 0.3 is 5.97 Å². The Hall–Kier alpha value is -0.870. The first kappa shape index (κ1) is 12.2. The average Bonchev–Trinajstić information content (AvgIpc) is 2.18. The monoisotopic (exact) mass is 213 g/mol. The van der Waals surface area contributed by atoms with E-state index in [9.17, 15) is 4.79 Å². The summed E-state index contributed by atoms with van der Waals surface area (Å²) in [6.07, 6.45) is 3.68. The van der Waals surface area contributed by atoms with Crippen LogP contribution in [0.3, 0.4) is 0 Å². The zero-order chi connectivity index (χ0) is 11.3. The number of carbonyl (C=O) groups is 1. The second kappa shape index (κ2) is 5.88. The summed E-state index contributed by atoms with van der Waals surface area (Å²) >= 11 is 0. The molecule has 15 heavy (non-hydrogen) atoms. The van der Waals surface area contributed by atoms with E-state index < -0.39 is 5.97 Å². The van der Waals surface area contributed by atoms with Crippen LogP contribution in [0.4, 0.5) is 0 Å². The Balaban J connectivity index is 2.25. The zero-order valence-electron chi connectivity index (χ0n) is 9.24. The van der Waals surface area contributed by atoms with Gasteiger partial charge in [-0.2, -0.15) is 0 Å². The molecule has 0 aromatic carbocycles. The number of ether oxygens (including phenoxy) is 1. The Labute approximate surface area is 90.5 Å². The summed E-state index contributed by atoms with van der Waals surface area (Å²) in [5, 5.41) is 8.68. The number of likely N-dealkylation sites (N-methyl/N-ethyl adjacent to an activating group) is 1. The van der Waals surface area contributed by atoms with E-state index in [1.165, 1.54) is 6.42 Å². The van der Waals surface area contributed by atoms with Gasteiger partial charge in [-0.3, -0.25) is 4.90 Å². The maximum Gasteiger partial charge on any atom is 0.332 e. The van der Waals surface area contributed by atoms with Gasteiger partial charge in [-0.15, -0.1) is 0 Å². The Morgan fingerprint density at radius 1 is 1.60 bits per heavy atom. The van der Waals surface area contributed by atoms with Gasteiger partial charge in [-0.1, -0.05) is 6.58 Å². The van der Waals surface area contributed by atoms with E-state index in [1.54, 1.807) is 0 Å². The van der Waals surface area contributed by atoms with Gasteiger partial charge in [0.05, 0.1) is 6.10 Å². The molecule has 1 heterocycles. The van der Waals surface area contributed by atoms with Gasteiger partial charge in [0.15, 0.2) is 0 Å². The van der Waals surface area contributed by atoms with Crippen LogP contribution in [0.25, 0.3) is 0 Å². The highest BCUT2D eigenvalue weighted by Gasteiger charge is 2.17. The van der Waals surface area contributed by atoms with Crippen molar-refractivity contribution in [3.63, 3.8) is 0 Å². The smallest absolute Gasteiger partial charge is 0.332 e. The third kappa shape index (κ3) is 4.44. The molecule has 86 valence electrons. The van der Waals surface area contributed by atoms with E-state index in [0.717, 1.165) is 26.0 Å². The van der Waals surface area contributed by atoms with Crippen molar-refractivity contribution in [2.75, 3.05) is 26.7 Å². The summed E-state index contributed by atoms with van der Waals surface area (Å²) in [4.78, 5) is 12.5. The minimum atomic E-state index is -0.925. The summed E-state index contributed by atoms with van der Waals surface area (Å²) in [6.45, 7) is 5.52. The first-order valence-corrected chi connectivity index (χ1v) is 5.31. The maximum atomic E-state index is 10.6. The number of carboxylic acids is 1. The van der Waals surface area contributed by atoms with E-state index >= 15 is 0 Å². The van der Waals surface area contributed by atoms with Crippen molar-refractivity contribution in [2.45, 2.75) is 25.4 Å². The molecule has 1 aliphatic rings. The highest BCUT2D eigenvalue weighted by atomic mass is 16.5. The second-order valence-corrected chi connectivity index (χ2v) is 4.09. The molecule has 0 radical (unpaired) electrons. The number of rotatable bonds is 5. The van der Waals surface area contributed by atoms with E-state index in [4.69, 9.17) is 9.84 Å². The van der Waals surface area contributed by atoms with E-state index in [0.29, 0.717) is 6.54 Å². The lowest BCUT2D eigenvalue weighted by Crippen LogP contribution is -2.35. The minimum absolute atomic E-state index is 0.230. The highest BCUT2D eigenvalue weighted by Crippen LogP contribution is 2.13. The summed E-state index contributed by atoms with van der Waals surface area (Å²) in [5.41, 5.74) is 0.230. The van der Waals surface area contributed by atoms with Crippen LogP contribution in [0.2, 0.25) is 0 Å². The lowest BCUT2D eigenvalue weighted by atomic mass is 10.1. The van der Waals surface area contributed by atoms with Crippen molar-refractivity contribution in [1.29, 1.82) is 0 Å². The summed E-state index contributed by atoms with van der Waals surface area (Å²) in [7, 11) is 1.89. The summed E-state index contributed by atoms with van der Waals surface area (Å²) in [6, 6.07) is 0. The fourth-order valence-electron chi connectivity index (χ4n) is 1.76. The van der Waals surface area contributed by atoms with Gasteiger partial charge in [0.2, 0.25) is 0 Å². The fraction of sp³-hybridized carbons (Fsp3) is 0.727. The van der Waals surface area contributed by atoms with Gasteiger partial charge in [0.25, 0.3) is 0 Å².